The molecule has 36 heavy (non-hydrogen) atoms. The fourth-order valence-corrected chi connectivity index (χ4v) is 4.59. The van der Waals surface area contributed by atoms with Crippen molar-refractivity contribution < 1.29 is 23.9 Å². The van der Waals surface area contributed by atoms with Crippen molar-refractivity contribution in [2.24, 2.45) is 11.8 Å². The van der Waals surface area contributed by atoms with Crippen LogP contribution < -0.4 is 5.32 Å². The van der Waals surface area contributed by atoms with E-state index in [9.17, 15) is 19.2 Å². The summed E-state index contributed by atoms with van der Waals surface area (Å²) < 4.78 is 5.90. The Balaban J connectivity index is 2.02. The second-order valence-corrected chi connectivity index (χ2v) is 9.58. The number of rotatable bonds is 6. The fourth-order valence-electron chi connectivity index (χ4n) is 4.59. The molecule has 2 amide bonds. The van der Waals surface area contributed by atoms with Gasteiger partial charge >= 0.3 is 5.97 Å². The third kappa shape index (κ3) is 6.59. The Labute approximate surface area is 213 Å². The van der Waals surface area contributed by atoms with Crippen LogP contribution in [-0.4, -0.2) is 53.7 Å². The first-order valence-corrected chi connectivity index (χ1v) is 12.6. The molecule has 0 radical (unpaired) electrons. The molecule has 0 unspecified atom stereocenters. The molecule has 0 bridgehead atoms. The summed E-state index contributed by atoms with van der Waals surface area (Å²) in [5.74, 6) is -3.40. The standard InChI is InChI=1S/C29H36N2O5/c1-5-12-25-19(2)26(32)20(3)27(33)30-23(17-21-13-8-6-9-14-21)28(34)31(4)24(29(35)36-25)18-22-15-10-7-11-16-22/h6-11,13-16,19-20,23-25H,5,12,17-18H2,1-4H3,(H,30,33)/t19-,20-,23+,24+,25+/m0/s1. The van der Waals surface area contributed by atoms with Crippen LogP contribution in [0.1, 0.15) is 44.7 Å². The molecule has 1 heterocycles. The molecular formula is C29H36N2O5. The molecule has 3 rings (SSSR count). The van der Waals surface area contributed by atoms with Crippen molar-refractivity contribution >= 4 is 23.6 Å². The SMILES string of the molecule is CCC[C@H]1OC(=O)[C@@H](Cc2ccccc2)N(C)C(=O)[C@@H](Cc2ccccc2)NC(=O)[C@@H](C)C(=O)[C@H]1C. The van der Waals surface area contributed by atoms with Gasteiger partial charge in [-0.05, 0) is 24.5 Å². The third-order valence-corrected chi connectivity index (χ3v) is 6.92. The number of ether oxygens (including phenoxy) is 1. The lowest BCUT2D eigenvalue weighted by molar-refractivity contribution is -0.164. The van der Waals surface area contributed by atoms with Crippen molar-refractivity contribution in [3.05, 3.63) is 71.8 Å². The molecule has 1 fully saturated rings. The summed E-state index contributed by atoms with van der Waals surface area (Å²) in [5.41, 5.74) is 1.73. The van der Waals surface area contributed by atoms with Gasteiger partial charge in [-0.25, -0.2) is 4.79 Å². The van der Waals surface area contributed by atoms with Crippen LogP contribution in [0.3, 0.4) is 0 Å². The highest BCUT2D eigenvalue weighted by atomic mass is 16.5. The van der Waals surface area contributed by atoms with Gasteiger partial charge in [-0.3, -0.25) is 14.4 Å². The van der Waals surface area contributed by atoms with Crippen LogP contribution in [0.4, 0.5) is 0 Å². The van der Waals surface area contributed by atoms with Crippen LogP contribution in [0, 0.1) is 11.8 Å². The minimum atomic E-state index is -0.978. The zero-order valence-electron chi connectivity index (χ0n) is 21.5. The number of esters is 1. The summed E-state index contributed by atoms with van der Waals surface area (Å²) >= 11 is 0. The second kappa shape index (κ2) is 12.5. The first-order valence-electron chi connectivity index (χ1n) is 12.6. The van der Waals surface area contributed by atoms with E-state index in [-0.39, 0.29) is 18.6 Å². The summed E-state index contributed by atoms with van der Waals surface area (Å²) in [4.78, 5) is 55.0. The number of ketones is 1. The van der Waals surface area contributed by atoms with Crippen molar-refractivity contribution in [2.45, 2.75) is 64.6 Å². The number of cyclic esters (lactones) is 1. The molecule has 0 aromatic heterocycles. The number of amides is 2. The van der Waals surface area contributed by atoms with E-state index in [0.717, 1.165) is 11.1 Å². The normalized spacial score (nSPS) is 26.0. The van der Waals surface area contributed by atoms with Gasteiger partial charge in [-0.1, -0.05) is 80.9 Å². The molecule has 1 aliphatic heterocycles. The number of carbonyl (C=O) groups excluding carboxylic acids is 4. The second-order valence-electron chi connectivity index (χ2n) is 9.58. The first kappa shape index (κ1) is 27.1. The maximum absolute atomic E-state index is 13.7. The van der Waals surface area contributed by atoms with E-state index in [4.69, 9.17) is 4.74 Å². The number of hydrogen-bond acceptors (Lipinski definition) is 5. The largest absolute Gasteiger partial charge is 0.460 e. The minimum Gasteiger partial charge on any atom is -0.460 e. The Morgan fingerprint density at radius 3 is 1.97 bits per heavy atom. The van der Waals surface area contributed by atoms with E-state index >= 15 is 0 Å². The zero-order valence-corrected chi connectivity index (χ0v) is 21.5. The first-order chi connectivity index (χ1) is 17.2. The average molecular weight is 493 g/mol. The van der Waals surface area contributed by atoms with E-state index < -0.39 is 47.8 Å². The van der Waals surface area contributed by atoms with Crippen LogP contribution >= 0.6 is 0 Å². The van der Waals surface area contributed by atoms with Crippen LogP contribution in [0.5, 0.6) is 0 Å². The average Bonchev–Trinajstić information content (AvgIpc) is 2.89. The molecule has 2 aromatic rings. The van der Waals surface area contributed by atoms with Crippen LogP contribution in [0.2, 0.25) is 0 Å². The van der Waals surface area contributed by atoms with Crippen LogP contribution in [-0.2, 0) is 36.8 Å². The molecule has 0 saturated carbocycles. The van der Waals surface area contributed by atoms with Gasteiger partial charge in [0.25, 0.3) is 0 Å². The molecule has 2 aromatic carbocycles. The molecule has 0 spiro atoms. The fraction of sp³-hybridized carbons (Fsp3) is 0.448. The molecule has 0 aliphatic carbocycles. The van der Waals surface area contributed by atoms with E-state index in [1.165, 1.54) is 11.8 Å². The van der Waals surface area contributed by atoms with Gasteiger partial charge in [0.15, 0.2) is 5.78 Å². The Kier molecular flexibility index (Phi) is 9.39. The number of likely N-dealkylation sites (N-methyl/N-ethyl adjacent to an activating group) is 1. The van der Waals surface area contributed by atoms with Crippen molar-refractivity contribution in [2.75, 3.05) is 7.05 Å². The molecule has 5 atom stereocenters. The van der Waals surface area contributed by atoms with E-state index in [1.807, 2.05) is 67.6 Å². The predicted molar refractivity (Wildman–Crippen MR) is 137 cm³/mol. The summed E-state index contributed by atoms with van der Waals surface area (Å²) in [7, 11) is 1.57. The molecule has 1 saturated heterocycles. The molecule has 7 heteroatoms. The van der Waals surface area contributed by atoms with E-state index in [1.54, 1.807) is 14.0 Å². The Morgan fingerprint density at radius 1 is 0.861 bits per heavy atom. The van der Waals surface area contributed by atoms with Gasteiger partial charge in [0.1, 0.15) is 18.2 Å². The number of carbonyl (C=O) groups is 4. The number of hydrogen-bond donors (Lipinski definition) is 1. The van der Waals surface area contributed by atoms with Gasteiger partial charge in [-0.15, -0.1) is 0 Å². The van der Waals surface area contributed by atoms with Gasteiger partial charge in [0.05, 0.1) is 11.8 Å². The number of nitrogens with one attached hydrogen (secondary N) is 1. The highest BCUT2D eigenvalue weighted by molar-refractivity contribution is 6.03. The van der Waals surface area contributed by atoms with E-state index in [2.05, 4.69) is 5.32 Å². The monoisotopic (exact) mass is 492 g/mol. The Hall–Kier alpha value is -3.48. The summed E-state index contributed by atoms with van der Waals surface area (Å²) in [5, 5.41) is 2.81. The van der Waals surface area contributed by atoms with Gasteiger partial charge in [0, 0.05) is 19.9 Å². The zero-order chi connectivity index (χ0) is 26.2. The summed E-state index contributed by atoms with van der Waals surface area (Å²) in [6.07, 6.45) is 1.00. The molecule has 7 nitrogen and oxygen atoms in total. The number of Topliss-reactive ketones (excluding diaryl/α,β-unsaturated/α-hetero) is 1. The summed E-state index contributed by atoms with van der Waals surface area (Å²) in [6, 6.07) is 16.9. The minimum absolute atomic E-state index is 0.234. The quantitative estimate of drug-likeness (QED) is 0.493. The Morgan fingerprint density at radius 2 is 1.42 bits per heavy atom. The lowest BCUT2D eigenvalue weighted by atomic mass is 9.88. The van der Waals surface area contributed by atoms with Gasteiger partial charge in [0.2, 0.25) is 11.8 Å². The van der Waals surface area contributed by atoms with E-state index in [0.29, 0.717) is 12.8 Å². The number of nitrogens with zero attached hydrogens (tertiary/aromatic N) is 1. The molecule has 1 N–H and O–H groups in total. The Bertz CT molecular complexity index is 1060. The van der Waals surface area contributed by atoms with Crippen molar-refractivity contribution in [3.8, 4) is 0 Å². The van der Waals surface area contributed by atoms with Crippen molar-refractivity contribution in [1.29, 1.82) is 0 Å². The maximum Gasteiger partial charge on any atom is 0.329 e. The lowest BCUT2D eigenvalue weighted by Crippen LogP contribution is -2.56. The maximum atomic E-state index is 13.7. The van der Waals surface area contributed by atoms with Gasteiger partial charge < -0.3 is 15.0 Å². The molecular weight excluding hydrogens is 456 g/mol. The predicted octanol–water partition coefficient (Wildman–Crippen LogP) is 3.35. The van der Waals surface area contributed by atoms with Crippen LogP contribution in [0.15, 0.2) is 60.7 Å². The molecule has 192 valence electrons. The van der Waals surface area contributed by atoms with Gasteiger partial charge in [-0.2, -0.15) is 0 Å². The van der Waals surface area contributed by atoms with Crippen LogP contribution in [0.25, 0.3) is 0 Å². The van der Waals surface area contributed by atoms with Crippen molar-refractivity contribution in [3.63, 3.8) is 0 Å². The number of benzene rings is 2. The topological polar surface area (TPSA) is 92.8 Å². The summed E-state index contributed by atoms with van der Waals surface area (Å²) in [6.45, 7) is 5.19. The van der Waals surface area contributed by atoms with Crippen molar-refractivity contribution in [1.82, 2.24) is 10.2 Å². The lowest BCUT2D eigenvalue weighted by Gasteiger charge is -2.34. The highest BCUT2D eigenvalue weighted by Gasteiger charge is 2.39. The third-order valence-electron chi connectivity index (χ3n) is 6.92. The highest BCUT2D eigenvalue weighted by Crippen LogP contribution is 2.22. The smallest absolute Gasteiger partial charge is 0.329 e. The molecule has 1 aliphatic rings.